The van der Waals surface area contributed by atoms with Gasteiger partial charge in [0.05, 0.1) is 4.47 Å². The summed E-state index contributed by atoms with van der Waals surface area (Å²) in [6.07, 6.45) is 3.36. The Bertz CT molecular complexity index is 900. The van der Waals surface area contributed by atoms with Crippen LogP contribution in [-0.2, 0) is 0 Å². The van der Waals surface area contributed by atoms with E-state index in [1.54, 1.807) is 18.5 Å². The minimum Gasteiger partial charge on any atom is -0.383 e. The highest BCUT2D eigenvalue weighted by Gasteiger charge is 2.08. The number of halogens is 3. The normalized spacial score (nSPS) is 10.1. The first kappa shape index (κ1) is 18.8. The number of aryl methyl sites for hydroxylation is 2. The third-order valence-electron chi connectivity index (χ3n) is 3.29. The van der Waals surface area contributed by atoms with Crippen LogP contribution in [0.1, 0.15) is 11.1 Å². The molecule has 0 radical (unpaired) electrons. The Kier molecular flexibility index (Phi) is 6.03. The third kappa shape index (κ3) is 4.96. The SMILES string of the molecule is Cc1cnc(N)c(-c2ccc(F)c(F)c2)c1.Cc1cnc(N)c(Br)c1. The summed E-state index contributed by atoms with van der Waals surface area (Å²) in [6, 6.07) is 7.39. The standard InChI is InChI=1S/C12H10F2N2.C6H7BrN2/c1-7-4-9(12(15)16-6-7)8-2-3-10(13)11(14)5-8;1-4-2-5(7)6(8)9-3-4/h2-6H,1H3,(H2,15,16);2-3H,1H3,(H2,8,9). The summed E-state index contributed by atoms with van der Waals surface area (Å²) < 4.78 is 26.7. The van der Waals surface area contributed by atoms with Crippen molar-refractivity contribution in [1.82, 2.24) is 9.97 Å². The average Bonchev–Trinajstić information content (AvgIpc) is 2.57. The molecule has 4 nitrogen and oxygen atoms in total. The van der Waals surface area contributed by atoms with Gasteiger partial charge in [-0.05, 0) is 70.7 Å². The molecule has 25 heavy (non-hydrogen) atoms. The molecule has 130 valence electrons. The highest BCUT2D eigenvalue weighted by Crippen LogP contribution is 2.26. The lowest BCUT2D eigenvalue weighted by Crippen LogP contribution is -1.95. The van der Waals surface area contributed by atoms with Crippen molar-refractivity contribution >= 4 is 27.6 Å². The fraction of sp³-hybridized carbons (Fsp3) is 0.111. The zero-order chi connectivity index (χ0) is 18.6. The van der Waals surface area contributed by atoms with Gasteiger partial charge >= 0.3 is 0 Å². The van der Waals surface area contributed by atoms with Gasteiger partial charge in [0.2, 0.25) is 0 Å². The Morgan fingerprint density at radius 3 is 2.00 bits per heavy atom. The number of benzene rings is 1. The maximum absolute atomic E-state index is 13.1. The topological polar surface area (TPSA) is 77.8 Å². The summed E-state index contributed by atoms with van der Waals surface area (Å²) in [7, 11) is 0. The van der Waals surface area contributed by atoms with Gasteiger partial charge in [0.1, 0.15) is 11.6 Å². The minimum atomic E-state index is -0.890. The van der Waals surface area contributed by atoms with E-state index in [1.807, 2.05) is 19.9 Å². The van der Waals surface area contributed by atoms with Crippen LogP contribution in [0.15, 0.2) is 47.2 Å². The molecule has 0 saturated heterocycles. The average molecular weight is 407 g/mol. The van der Waals surface area contributed by atoms with Gasteiger partial charge in [0.25, 0.3) is 0 Å². The van der Waals surface area contributed by atoms with E-state index in [9.17, 15) is 8.78 Å². The van der Waals surface area contributed by atoms with Crippen LogP contribution in [0.5, 0.6) is 0 Å². The molecule has 3 aromatic rings. The van der Waals surface area contributed by atoms with Crippen molar-refractivity contribution in [3.05, 3.63) is 70.0 Å². The molecule has 0 saturated carbocycles. The van der Waals surface area contributed by atoms with Crippen molar-refractivity contribution in [2.45, 2.75) is 13.8 Å². The molecule has 0 aliphatic rings. The van der Waals surface area contributed by atoms with Crippen LogP contribution in [0.4, 0.5) is 20.4 Å². The highest BCUT2D eigenvalue weighted by molar-refractivity contribution is 9.10. The van der Waals surface area contributed by atoms with Gasteiger partial charge in [-0.1, -0.05) is 6.07 Å². The summed E-state index contributed by atoms with van der Waals surface area (Å²) in [5.41, 5.74) is 14.3. The Labute approximate surface area is 153 Å². The number of hydrogen-bond donors (Lipinski definition) is 2. The first-order valence-corrected chi connectivity index (χ1v) is 8.12. The van der Waals surface area contributed by atoms with Crippen molar-refractivity contribution < 1.29 is 8.78 Å². The van der Waals surface area contributed by atoms with Crippen LogP contribution in [-0.4, -0.2) is 9.97 Å². The molecule has 0 unspecified atom stereocenters. The molecule has 2 aromatic heterocycles. The van der Waals surface area contributed by atoms with E-state index < -0.39 is 11.6 Å². The van der Waals surface area contributed by atoms with Crippen molar-refractivity contribution in [1.29, 1.82) is 0 Å². The maximum Gasteiger partial charge on any atom is 0.159 e. The number of anilines is 2. The Balaban J connectivity index is 0.000000212. The van der Waals surface area contributed by atoms with Crippen LogP contribution in [0, 0.1) is 25.5 Å². The number of pyridine rings is 2. The van der Waals surface area contributed by atoms with Gasteiger partial charge in [0, 0.05) is 18.0 Å². The zero-order valence-corrected chi connectivity index (χ0v) is 15.3. The highest BCUT2D eigenvalue weighted by atomic mass is 79.9. The molecule has 4 N–H and O–H groups in total. The Morgan fingerprint density at radius 1 is 0.840 bits per heavy atom. The molecule has 2 heterocycles. The predicted octanol–water partition coefficient (Wildman–Crippen LogP) is 4.65. The first-order valence-electron chi connectivity index (χ1n) is 7.33. The molecule has 0 amide bonds. The summed E-state index contributed by atoms with van der Waals surface area (Å²) >= 11 is 3.26. The zero-order valence-electron chi connectivity index (χ0n) is 13.7. The van der Waals surface area contributed by atoms with Crippen LogP contribution < -0.4 is 11.5 Å². The van der Waals surface area contributed by atoms with E-state index in [2.05, 4.69) is 25.9 Å². The smallest absolute Gasteiger partial charge is 0.159 e. The van der Waals surface area contributed by atoms with Crippen LogP contribution in [0.3, 0.4) is 0 Å². The summed E-state index contributed by atoms with van der Waals surface area (Å²) in [5, 5.41) is 0. The molecule has 0 aliphatic carbocycles. The van der Waals surface area contributed by atoms with Gasteiger partial charge in [-0.15, -0.1) is 0 Å². The second kappa shape index (κ2) is 8.02. The lowest BCUT2D eigenvalue weighted by atomic mass is 10.0. The van der Waals surface area contributed by atoms with Crippen molar-refractivity contribution in [2.75, 3.05) is 11.5 Å². The fourth-order valence-corrected chi connectivity index (χ4v) is 2.48. The molecule has 0 fully saturated rings. The molecule has 0 atom stereocenters. The summed E-state index contributed by atoms with van der Waals surface area (Å²) in [4.78, 5) is 7.88. The predicted molar refractivity (Wildman–Crippen MR) is 99.8 cm³/mol. The lowest BCUT2D eigenvalue weighted by Gasteiger charge is -2.06. The van der Waals surface area contributed by atoms with E-state index in [4.69, 9.17) is 11.5 Å². The monoisotopic (exact) mass is 406 g/mol. The molecule has 1 aromatic carbocycles. The van der Waals surface area contributed by atoms with Gasteiger partial charge in [-0.3, -0.25) is 0 Å². The molecule has 3 rings (SSSR count). The van der Waals surface area contributed by atoms with Crippen molar-refractivity contribution in [3.63, 3.8) is 0 Å². The van der Waals surface area contributed by atoms with Gasteiger partial charge in [-0.2, -0.15) is 0 Å². The van der Waals surface area contributed by atoms with E-state index >= 15 is 0 Å². The van der Waals surface area contributed by atoms with E-state index in [0.29, 0.717) is 22.8 Å². The maximum atomic E-state index is 13.1. The number of aromatic nitrogens is 2. The van der Waals surface area contributed by atoms with Gasteiger partial charge < -0.3 is 11.5 Å². The molecule has 0 spiro atoms. The first-order chi connectivity index (χ1) is 11.8. The minimum absolute atomic E-state index is 0.302. The third-order valence-corrected chi connectivity index (χ3v) is 3.93. The summed E-state index contributed by atoms with van der Waals surface area (Å²) in [5.74, 6) is -0.918. The van der Waals surface area contributed by atoms with Crippen LogP contribution in [0.2, 0.25) is 0 Å². The second-order valence-corrected chi connectivity index (χ2v) is 6.31. The molecular formula is C18H17BrF2N4. The lowest BCUT2D eigenvalue weighted by molar-refractivity contribution is 0.509. The van der Waals surface area contributed by atoms with Crippen molar-refractivity contribution in [2.24, 2.45) is 0 Å². The number of nitrogens with two attached hydrogens (primary N) is 2. The molecular weight excluding hydrogens is 390 g/mol. The Morgan fingerprint density at radius 2 is 1.44 bits per heavy atom. The van der Waals surface area contributed by atoms with E-state index in [-0.39, 0.29) is 0 Å². The van der Waals surface area contributed by atoms with E-state index in [1.165, 1.54) is 6.07 Å². The largest absolute Gasteiger partial charge is 0.383 e. The second-order valence-electron chi connectivity index (χ2n) is 5.45. The molecule has 7 heteroatoms. The van der Waals surface area contributed by atoms with Gasteiger partial charge in [0.15, 0.2) is 11.6 Å². The number of nitrogens with zero attached hydrogens (tertiary/aromatic N) is 2. The number of nitrogen functional groups attached to an aromatic ring is 2. The van der Waals surface area contributed by atoms with Crippen LogP contribution >= 0.6 is 15.9 Å². The van der Waals surface area contributed by atoms with Crippen molar-refractivity contribution in [3.8, 4) is 11.1 Å². The number of rotatable bonds is 1. The van der Waals surface area contributed by atoms with Crippen LogP contribution in [0.25, 0.3) is 11.1 Å². The Hall–Kier alpha value is -2.54. The molecule has 0 aliphatic heterocycles. The summed E-state index contributed by atoms with van der Waals surface area (Å²) in [6.45, 7) is 3.83. The number of hydrogen-bond acceptors (Lipinski definition) is 4. The van der Waals surface area contributed by atoms with E-state index in [0.717, 1.165) is 27.7 Å². The fourth-order valence-electron chi connectivity index (χ4n) is 2.02. The van der Waals surface area contributed by atoms with Gasteiger partial charge in [-0.25, -0.2) is 18.7 Å². The quantitative estimate of drug-likeness (QED) is 0.616. The molecule has 0 bridgehead atoms.